The van der Waals surface area contributed by atoms with Crippen LogP contribution in [0.15, 0.2) is 54.6 Å². The highest BCUT2D eigenvalue weighted by Crippen LogP contribution is 2.58. The number of hydrogen-bond donors (Lipinski definition) is 1. The Bertz CT molecular complexity index is 613. The van der Waals surface area contributed by atoms with Crippen LogP contribution in [0.2, 0.25) is 0 Å². The van der Waals surface area contributed by atoms with E-state index in [9.17, 15) is 4.89 Å². The molecule has 0 radical (unpaired) electrons. The Balaban J connectivity index is 2.01. The lowest BCUT2D eigenvalue weighted by molar-refractivity contribution is 0.301. The fraction of sp³-hybridized carbons (Fsp3) is 0.400. The topological polar surface area (TPSA) is 38.7 Å². The molecule has 0 aliphatic rings. The first kappa shape index (κ1) is 18.9. The molecule has 0 heterocycles. The van der Waals surface area contributed by atoms with Crippen LogP contribution in [-0.2, 0) is 17.6 Å². The van der Waals surface area contributed by atoms with Gasteiger partial charge in [0.15, 0.2) is 0 Å². The zero-order valence-corrected chi connectivity index (χ0v) is 15.7. The molecule has 3 nitrogen and oxygen atoms in total. The summed E-state index contributed by atoms with van der Waals surface area (Å²) in [6.45, 7) is 7.01. The molecule has 2 rings (SSSR count). The summed E-state index contributed by atoms with van der Waals surface area (Å²) >= 11 is 0. The van der Waals surface area contributed by atoms with Gasteiger partial charge in [0.1, 0.15) is 24.7 Å². The van der Waals surface area contributed by atoms with Gasteiger partial charge in [-0.25, -0.2) is 9.42 Å². The summed E-state index contributed by atoms with van der Waals surface area (Å²) in [5.74, 6) is 0.862. The van der Waals surface area contributed by atoms with Crippen LogP contribution in [-0.4, -0.2) is 23.8 Å². The third-order valence-electron chi connectivity index (χ3n) is 4.16. The third-order valence-corrected chi connectivity index (χ3v) is 6.84. The Labute approximate surface area is 146 Å². The van der Waals surface area contributed by atoms with E-state index in [-0.39, 0.29) is 5.66 Å². The molecule has 1 N–H and O–H groups in total. The summed E-state index contributed by atoms with van der Waals surface area (Å²) in [6, 6.07) is 18.3. The highest BCUT2D eigenvalue weighted by molar-refractivity contribution is 7.65. The van der Waals surface area contributed by atoms with Gasteiger partial charge in [0.2, 0.25) is 0 Å². The summed E-state index contributed by atoms with van der Waals surface area (Å²) in [6.07, 6.45) is 1.70. The van der Waals surface area contributed by atoms with E-state index in [1.807, 2.05) is 43.9 Å². The highest BCUT2D eigenvalue weighted by Gasteiger charge is 2.40. The minimum atomic E-state index is -2.34. The zero-order valence-electron chi connectivity index (χ0n) is 14.8. The molecule has 0 spiro atoms. The van der Waals surface area contributed by atoms with Gasteiger partial charge in [-0.15, -0.1) is 0 Å². The minimum absolute atomic E-state index is 0.154. The van der Waals surface area contributed by atoms with Crippen molar-refractivity contribution < 1.29 is 14.2 Å². The van der Waals surface area contributed by atoms with Gasteiger partial charge in [0.05, 0.1) is 6.61 Å². The van der Waals surface area contributed by atoms with Crippen molar-refractivity contribution in [3.05, 3.63) is 65.7 Å². The second kappa shape index (κ2) is 9.17. The van der Waals surface area contributed by atoms with Gasteiger partial charge < -0.3 is 4.74 Å². The van der Waals surface area contributed by atoms with E-state index in [1.165, 1.54) is 5.56 Å². The Kier molecular flexibility index (Phi) is 7.23. The van der Waals surface area contributed by atoms with Crippen molar-refractivity contribution in [2.75, 3.05) is 13.3 Å². The van der Waals surface area contributed by atoms with Gasteiger partial charge >= 0.3 is 0 Å². The maximum absolute atomic E-state index is 10.6. The van der Waals surface area contributed by atoms with Gasteiger partial charge in [-0.2, -0.15) is 0 Å². The van der Waals surface area contributed by atoms with Crippen LogP contribution in [0, 0.1) is 0 Å². The van der Waals surface area contributed by atoms with Crippen molar-refractivity contribution in [3.63, 3.8) is 0 Å². The molecular weight excluding hydrogens is 319 g/mol. The smallest absolute Gasteiger partial charge is 0.271 e. The first-order valence-electron chi connectivity index (χ1n) is 8.54. The Morgan fingerprint density at radius 3 is 2.38 bits per heavy atom. The van der Waals surface area contributed by atoms with Gasteiger partial charge in [0.25, 0.3) is 7.72 Å². The lowest BCUT2D eigenvalue weighted by Gasteiger charge is -2.23. The largest absolute Gasteiger partial charge is 0.489 e. The van der Waals surface area contributed by atoms with Crippen LogP contribution in [0.3, 0.4) is 0 Å². The molecule has 2 atom stereocenters. The van der Waals surface area contributed by atoms with Gasteiger partial charge in [-0.3, -0.25) is 0 Å². The monoisotopic (exact) mass is 347 g/mol. The first-order chi connectivity index (χ1) is 11.5. The van der Waals surface area contributed by atoms with Crippen LogP contribution < -0.4 is 4.74 Å². The van der Waals surface area contributed by atoms with Crippen LogP contribution in [0.1, 0.15) is 31.4 Å². The molecule has 4 heteroatoms. The molecule has 0 saturated heterocycles. The molecule has 24 heavy (non-hydrogen) atoms. The van der Waals surface area contributed by atoms with Crippen LogP contribution in [0.5, 0.6) is 5.75 Å². The number of ether oxygens (including phenoxy) is 1. The summed E-state index contributed by atoms with van der Waals surface area (Å²) in [7, 11) is -2.34. The van der Waals surface area contributed by atoms with E-state index < -0.39 is 7.72 Å². The quantitative estimate of drug-likeness (QED) is 0.642. The Hall–Kier alpha value is -1.41. The molecule has 2 aromatic carbocycles. The zero-order chi connectivity index (χ0) is 17.4. The molecule has 0 aliphatic heterocycles. The van der Waals surface area contributed by atoms with Crippen molar-refractivity contribution in [2.45, 2.75) is 39.0 Å². The third kappa shape index (κ3) is 5.59. The van der Waals surface area contributed by atoms with E-state index in [0.717, 1.165) is 24.2 Å². The molecule has 0 aliphatic carbocycles. The van der Waals surface area contributed by atoms with E-state index >= 15 is 0 Å². The number of rotatable bonds is 9. The van der Waals surface area contributed by atoms with E-state index in [2.05, 4.69) is 31.2 Å². The normalized spacial score (nSPS) is 14.8. The van der Waals surface area contributed by atoms with Crippen LogP contribution in [0.4, 0.5) is 0 Å². The second-order valence-electron chi connectivity index (χ2n) is 6.05. The summed E-state index contributed by atoms with van der Waals surface area (Å²) in [4.78, 5) is 10.6. The summed E-state index contributed by atoms with van der Waals surface area (Å²) in [5.41, 5.74) is 2.48. The summed E-state index contributed by atoms with van der Waals surface area (Å²) in [5, 5.41) is 0. The molecule has 0 amide bonds. The molecule has 0 saturated carbocycles. The SMILES string of the molecule is CCO[P+](C)(O)[C@@H](CC)Cc1cccc(OCc2ccccc2)c1. The van der Waals surface area contributed by atoms with Crippen LogP contribution >= 0.6 is 7.72 Å². The van der Waals surface area contributed by atoms with Gasteiger partial charge in [-0.05, 0) is 36.6 Å². The van der Waals surface area contributed by atoms with Crippen molar-refractivity contribution in [1.82, 2.24) is 0 Å². The van der Waals surface area contributed by atoms with E-state index in [4.69, 9.17) is 9.26 Å². The average molecular weight is 347 g/mol. The summed E-state index contributed by atoms with van der Waals surface area (Å²) < 4.78 is 11.5. The molecule has 0 aromatic heterocycles. The number of benzene rings is 2. The molecule has 130 valence electrons. The predicted molar refractivity (Wildman–Crippen MR) is 102 cm³/mol. The maximum atomic E-state index is 10.6. The molecule has 0 bridgehead atoms. The van der Waals surface area contributed by atoms with Gasteiger partial charge in [0, 0.05) is 6.42 Å². The lowest BCUT2D eigenvalue weighted by Crippen LogP contribution is -2.17. The Morgan fingerprint density at radius 1 is 1.00 bits per heavy atom. The van der Waals surface area contributed by atoms with Crippen LogP contribution in [0.25, 0.3) is 0 Å². The maximum Gasteiger partial charge on any atom is 0.271 e. The molecular formula is C20H28O3P+. The van der Waals surface area contributed by atoms with E-state index in [0.29, 0.717) is 13.2 Å². The number of hydrogen-bond acceptors (Lipinski definition) is 3. The fourth-order valence-corrected chi connectivity index (χ4v) is 4.76. The predicted octanol–water partition coefficient (Wildman–Crippen LogP) is 5.09. The molecule has 1 unspecified atom stereocenters. The van der Waals surface area contributed by atoms with Crippen molar-refractivity contribution in [3.8, 4) is 5.75 Å². The van der Waals surface area contributed by atoms with Crippen molar-refractivity contribution in [2.24, 2.45) is 0 Å². The molecule has 2 aromatic rings. The lowest BCUT2D eigenvalue weighted by atomic mass is 10.1. The van der Waals surface area contributed by atoms with Crippen molar-refractivity contribution >= 4 is 7.72 Å². The standard InChI is InChI=1S/C20H28O3P/c1-4-20(24(3,21)23-5-2)15-18-12-9-13-19(14-18)22-16-17-10-7-6-8-11-17/h6-14,20-21H,4-5,15-16H2,1-3H3/q+1/t20-,24?/m0/s1. The van der Waals surface area contributed by atoms with E-state index in [1.54, 1.807) is 0 Å². The average Bonchev–Trinajstić information content (AvgIpc) is 2.59. The fourth-order valence-electron chi connectivity index (χ4n) is 2.79. The Morgan fingerprint density at radius 2 is 1.71 bits per heavy atom. The minimum Gasteiger partial charge on any atom is -0.489 e. The molecule has 0 fully saturated rings. The first-order valence-corrected chi connectivity index (χ1v) is 10.7. The highest BCUT2D eigenvalue weighted by atomic mass is 31.2. The van der Waals surface area contributed by atoms with Gasteiger partial charge in [-0.1, -0.05) is 49.4 Å². The van der Waals surface area contributed by atoms with Crippen molar-refractivity contribution in [1.29, 1.82) is 0 Å². The second-order valence-corrected chi connectivity index (χ2v) is 8.92.